The molecule has 2 aliphatic rings. The van der Waals surface area contributed by atoms with Gasteiger partial charge in [0.15, 0.2) is 0 Å². The normalized spacial score (nSPS) is 21.9. The highest BCUT2D eigenvalue weighted by Gasteiger charge is 2.39. The fourth-order valence-corrected chi connectivity index (χ4v) is 3.26. The molecule has 0 aromatic heterocycles. The van der Waals surface area contributed by atoms with Crippen molar-refractivity contribution < 1.29 is 4.79 Å². The smallest absolute Gasteiger partial charge is 0.221 e. The molecule has 1 amide bonds. The number of nitrogens with one attached hydrogen (secondary N) is 1. The Kier molecular flexibility index (Phi) is 3.79. The summed E-state index contributed by atoms with van der Waals surface area (Å²) in [5.41, 5.74) is 7.18. The summed E-state index contributed by atoms with van der Waals surface area (Å²) in [4.78, 5) is 12.4. The second-order valence-electron chi connectivity index (χ2n) is 6.53. The highest BCUT2D eigenvalue weighted by atomic mass is 16.1. The molecule has 0 saturated heterocycles. The van der Waals surface area contributed by atoms with Gasteiger partial charge in [-0.15, -0.1) is 0 Å². The van der Waals surface area contributed by atoms with E-state index in [0.717, 1.165) is 12.8 Å². The maximum Gasteiger partial charge on any atom is 0.221 e. The highest BCUT2D eigenvalue weighted by molar-refractivity contribution is 5.77. The predicted octanol–water partition coefficient (Wildman–Crippen LogP) is 2.77. The summed E-state index contributed by atoms with van der Waals surface area (Å²) in [5, 5.41) is 3.26. The average Bonchev–Trinajstić information content (AvgIpc) is 3.26. The van der Waals surface area contributed by atoms with Gasteiger partial charge in [0, 0.05) is 6.42 Å². The Morgan fingerprint density at radius 1 is 1.30 bits per heavy atom. The quantitative estimate of drug-likeness (QED) is 0.836. The standard InChI is InChI=1S/C17H24N2O/c18-12-17(9-4-10-17)11-15(20)19-16(14-7-8-14)13-5-2-1-3-6-13/h1-3,5-6,14,16H,4,7-12,18H2,(H,19,20). The second kappa shape index (κ2) is 5.57. The van der Waals surface area contributed by atoms with E-state index < -0.39 is 0 Å². The molecule has 108 valence electrons. The van der Waals surface area contributed by atoms with Crippen molar-refractivity contribution in [3.8, 4) is 0 Å². The van der Waals surface area contributed by atoms with Crippen molar-refractivity contribution in [2.45, 2.75) is 44.6 Å². The van der Waals surface area contributed by atoms with Crippen LogP contribution in [0.2, 0.25) is 0 Å². The summed E-state index contributed by atoms with van der Waals surface area (Å²) in [6, 6.07) is 10.5. The first kappa shape index (κ1) is 13.6. The van der Waals surface area contributed by atoms with Crippen molar-refractivity contribution in [3.63, 3.8) is 0 Å². The van der Waals surface area contributed by atoms with Crippen LogP contribution in [0.5, 0.6) is 0 Å². The number of rotatable bonds is 6. The summed E-state index contributed by atoms with van der Waals surface area (Å²) >= 11 is 0. The maximum atomic E-state index is 12.4. The third-order valence-electron chi connectivity index (χ3n) is 4.95. The Morgan fingerprint density at radius 2 is 2.00 bits per heavy atom. The van der Waals surface area contributed by atoms with E-state index in [2.05, 4.69) is 17.4 Å². The lowest BCUT2D eigenvalue weighted by Crippen LogP contribution is -2.42. The van der Waals surface area contributed by atoms with Crippen LogP contribution in [0.4, 0.5) is 0 Å². The van der Waals surface area contributed by atoms with Crippen molar-refractivity contribution in [3.05, 3.63) is 35.9 Å². The molecule has 1 unspecified atom stereocenters. The third-order valence-corrected chi connectivity index (χ3v) is 4.95. The molecule has 0 aliphatic heterocycles. The molecular formula is C17H24N2O. The SMILES string of the molecule is NCC1(CC(=O)NC(c2ccccc2)C2CC2)CCC1. The van der Waals surface area contributed by atoms with Gasteiger partial charge in [-0.3, -0.25) is 4.79 Å². The molecule has 2 saturated carbocycles. The van der Waals surface area contributed by atoms with Crippen molar-refractivity contribution in [1.29, 1.82) is 0 Å². The summed E-state index contributed by atoms with van der Waals surface area (Å²) in [6.07, 6.45) is 6.48. The van der Waals surface area contributed by atoms with Crippen LogP contribution in [0.1, 0.15) is 50.1 Å². The van der Waals surface area contributed by atoms with Gasteiger partial charge in [0.1, 0.15) is 0 Å². The van der Waals surface area contributed by atoms with Crippen molar-refractivity contribution in [2.24, 2.45) is 17.1 Å². The molecule has 0 bridgehead atoms. The second-order valence-corrected chi connectivity index (χ2v) is 6.53. The van der Waals surface area contributed by atoms with Gasteiger partial charge in [0.05, 0.1) is 6.04 Å². The van der Waals surface area contributed by atoms with Crippen LogP contribution in [0, 0.1) is 11.3 Å². The van der Waals surface area contributed by atoms with Crippen LogP contribution >= 0.6 is 0 Å². The molecule has 2 fully saturated rings. The average molecular weight is 272 g/mol. The van der Waals surface area contributed by atoms with Gasteiger partial charge >= 0.3 is 0 Å². The van der Waals surface area contributed by atoms with Gasteiger partial charge < -0.3 is 11.1 Å². The van der Waals surface area contributed by atoms with Crippen LogP contribution in [0.15, 0.2) is 30.3 Å². The molecule has 3 nitrogen and oxygen atoms in total. The molecule has 3 N–H and O–H groups in total. The predicted molar refractivity (Wildman–Crippen MR) is 80.0 cm³/mol. The highest BCUT2D eigenvalue weighted by Crippen LogP contribution is 2.44. The van der Waals surface area contributed by atoms with Crippen LogP contribution in [0.25, 0.3) is 0 Å². The lowest BCUT2D eigenvalue weighted by molar-refractivity contribution is -0.125. The molecule has 0 radical (unpaired) electrons. The Labute approximate surface area is 120 Å². The van der Waals surface area contributed by atoms with E-state index >= 15 is 0 Å². The molecule has 1 aromatic rings. The number of benzene rings is 1. The number of carbonyl (C=O) groups excluding carboxylic acids is 1. The Morgan fingerprint density at radius 3 is 2.50 bits per heavy atom. The number of carbonyl (C=O) groups is 1. The van der Waals surface area contributed by atoms with E-state index in [0.29, 0.717) is 18.9 Å². The van der Waals surface area contributed by atoms with Crippen LogP contribution in [-0.2, 0) is 4.79 Å². The molecule has 2 aliphatic carbocycles. The molecule has 3 rings (SSSR count). The monoisotopic (exact) mass is 272 g/mol. The molecule has 3 heteroatoms. The molecular weight excluding hydrogens is 248 g/mol. The zero-order valence-corrected chi connectivity index (χ0v) is 12.0. The first-order valence-corrected chi connectivity index (χ1v) is 7.77. The minimum Gasteiger partial charge on any atom is -0.349 e. The van der Waals surface area contributed by atoms with E-state index in [1.807, 2.05) is 18.2 Å². The number of hydrogen-bond acceptors (Lipinski definition) is 2. The van der Waals surface area contributed by atoms with Crippen molar-refractivity contribution in [1.82, 2.24) is 5.32 Å². The Hall–Kier alpha value is -1.35. The van der Waals surface area contributed by atoms with Gasteiger partial charge in [-0.05, 0) is 49.1 Å². The largest absolute Gasteiger partial charge is 0.349 e. The minimum atomic E-state index is 0.0921. The fraction of sp³-hybridized carbons (Fsp3) is 0.588. The van der Waals surface area contributed by atoms with E-state index in [4.69, 9.17) is 5.73 Å². The van der Waals surface area contributed by atoms with E-state index in [1.54, 1.807) is 0 Å². The summed E-state index contributed by atoms with van der Waals surface area (Å²) in [5.74, 6) is 0.799. The van der Waals surface area contributed by atoms with Crippen molar-refractivity contribution in [2.75, 3.05) is 6.54 Å². The summed E-state index contributed by atoms with van der Waals surface area (Å²) in [7, 11) is 0. The first-order valence-electron chi connectivity index (χ1n) is 7.77. The maximum absolute atomic E-state index is 12.4. The van der Waals surface area contributed by atoms with E-state index in [9.17, 15) is 4.79 Å². The lowest BCUT2D eigenvalue weighted by atomic mass is 9.66. The van der Waals surface area contributed by atoms with E-state index in [1.165, 1.54) is 24.8 Å². The number of nitrogens with two attached hydrogens (primary N) is 1. The summed E-state index contributed by atoms with van der Waals surface area (Å²) in [6.45, 7) is 0.639. The van der Waals surface area contributed by atoms with Gasteiger partial charge in [-0.1, -0.05) is 36.8 Å². The number of amides is 1. The fourth-order valence-electron chi connectivity index (χ4n) is 3.26. The van der Waals surface area contributed by atoms with Gasteiger partial charge in [0.2, 0.25) is 5.91 Å². The zero-order chi connectivity index (χ0) is 14.0. The molecule has 0 heterocycles. The van der Waals surface area contributed by atoms with Gasteiger partial charge in [-0.25, -0.2) is 0 Å². The Balaban J connectivity index is 1.63. The molecule has 1 aromatic carbocycles. The first-order chi connectivity index (χ1) is 9.72. The summed E-state index contributed by atoms with van der Waals surface area (Å²) < 4.78 is 0. The minimum absolute atomic E-state index is 0.0921. The van der Waals surface area contributed by atoms with Gasteiger partial charge in [-0.2, -0.15) is 0 Å². The Bertz CT molecular complexity index is 458. The van der Waals surface area contributed by atoms with E-state index in [-0.39, 0.29) is 17.4 Å². The van der Waals surface area contributed by atoms with Crippen LogP contribution < -0.4 is 11.1 Å². The van der Waals surface area contributed by atoms with Gasteiger partial charge in [0.25, 0.3) is 0 Å². The lowest BCUT2D eigenvalue weighted by Gasteiger charge is -2.40. The van der Waals surface area contributed by atoms with Crippen LogP contribution in [0.3, 0.4) is 0 Å². The van der Waals surface area contributed by atoms with Crippen LogP contribution in [-0.4, -0.2) is 12.5 Å². The third kappa shape index (κ3) is 2.88. The number of hydrogen-bond donors (Lipinski definition) is 2. The molecule has 1 atom stereocenters. The topological polar surface area (TPSA) is 55.1 Å². The molecule has 20 heavy (non-hydrogen) atoms. The van der Waals surface area contributed by atoms with Crippen molar-refractivity contribution >= 4 is 5.91 Å². The molecule has 0 spiro atoms. The zero-order valence-electron chi connectivity index (χ0n) is 12.0.